The van der Waals surface area contributed by atoms with Crippen molar-refractivity contribution in [2.45, 2.75) is 38.3 Å². The number of benzene rings is 2. The van der Waals surface area contributed by atoms with E-state index in [1.165, 1.54) is 4.90 Å². The topological polar surface area (TPSA) is 73.0 Å². The zero-order valence-corrected chi connectivity index (χ0v) is 19.7. The van der Waals surface area contributed by atoms with Gasteiger partial charge in [-0.1, -0.05) is 60.2 Å². The monoisotopic (exact) mass is 458 g/mol. The van der Waals surface area contributed by atoms with Crippen LogP contribution in [0.1, 0.15) is 35.6 Å². The van der Waals surface area contributed by atoms with Crippen molar-refractivity contribution in [1.82, 2.24) is 20.0 Å². The Hall–Kier alpha value is -3.61. The number of aryl methyl sites for hydroxylation is 1. The fourth-order valence-electron chi connectivity index (χ4n) is 5.17. The molecule has 3 heterocycles. The lowest BCUT2D eigenvalue weighted by atomic mass is 9.95. The van der Waals surface area contributed by atoms with Crippen molar-refractivity contribution in [2.75, 3.05) is 26.7 Å². The van der Waals surface area contributed by atoms with Gasteiger partial charge < -0.3 is 15.1 Å². The molecular formula is C27H30N4O3. The van der Waals surface area contributed by atoms with E-state index in [0.717, 1.165) is 42.6 Å². The van der Waals surface area contributed by atoms with Crippen LogP contribution in [0, 0.1) is 6.92 Å². The highest BCUT2D eigenvalue weighted by Crippen LogP contribution is 2.37. The number of carbonyl (C=O) groups is 3. The molecule has 0 aliphatic carbocycles. The Balaban J connectivity index is 1.50. The minimum atomic E-state index is -0.610. The fourth-order valence-corrected chi connectivity index (χ4v) is 5.17. The van der Waals surface area contributed by atoms with Crippen LogP contribution in [-0.2, 0) is 16.0 Å². The van der Waals surface area contributed by atoms with E-state index in [1.54, 1.807) is 11.9 Å². The number of nitrogens with zero attached hydrogens (tertiary/aromatic N) is 3. The summed E-state index contributed by atoms with van der Waals surface area (Å²) in [5, 5.41) is 2.98. The molecule has 5 rings (SSSR count). The third-order valence-corrected chi connectivity index (χ3v) is 7.15. The van der Waals surface area contributed by atoms with Crippen molar-refractivity contribution in [1.29, 1.82) is 0 Å². The van der Waals surface area contributed by atoms with Crippen LogP contribution in [0.3, 0.4) is 0 Å². The number of urea groups is 1. The summed E-state index contributed by atoms with van der Waals surface area (Å²) in [4.78, 5) is 45.4. The van der Waals surface area contributed by atoms with Crippen molar-refractivity contribution in [2.24, 2.45) is 0 Å². The minimum Gasteiger partial charge on any atom is -0.341 e. The summed E-state index contributed by atoms with van der Waals surface area (Å²) in [6, 6.07) is 16.3. The third kappa shape index (κ3) is 3.95. The zero-order valence-electron chi connectivity index (χ0n) is 19.7. The molecule has 7 heteroatoms. The van der Waals surface area contributed by atoms with Crippen LogP contribution < -0.4 is 5.32 Å². The summed E-state index contributed by atoms with van der Waals surface area (Å²) in [5.74, 6) is -0.190. The van der Waals surface area contributed by atoms with E-state index in [9.17, 15) is 14.4 Å². The Kier molecular flexibility index (Phi) is 5.86. The Bertz CT molecular complexity index is 1140. The summed E-state index contributed by atoms with van der Waals surface area (Å²) in [7, 11) is 1.68. The molecule has 4 amide bonds. The predicted octanol–water partition coefficient (Wildman–Crippen LogP) is 3.02. The second-order valence-corrected chi connectivity index (χ2v) is 9.38. The van der Waals surface area contributed by atoms with Gasteiger partial charge in [0.15, 0.2) is 0 Å². The quantitative estimate of drug-likeness (QED) is 0.749. The average Bonchev–Trinajstić information content (AvgIpc) is 3.50. The number of hydrogen-bond donors (Lipinski definition) is 1. The first-order valence-corrected chi connectivity index (χ1v) is 11.9. The van der Waals surface area contributed by atoms with Crippen LogP contribution in [0.15, 0.2) is 65.9 Å². The van der Waals surface area contributed by atoms with Crippen molar-refractivity contribution in [3.8, 4) is 0 Å². The van der Waals surface area contributed by atoms with Crippen LogP contribution in [-0.4, -0.2) is 65.3 Å². The molecule has 1 fully saturated rings. The van der Waals surface area contributed by atoms with Crippen LogP contribution in [0.4, 0.5) is 4.79 Å². The van der Waals surface area contributed by atoms with E-state index < -0.39 is 12.1 Å². The highest BCUT2D eigenvalue weighted by molar-refractivity contribution is 6.03. The normalized spacial score (nSPS) is 21.1. The van der Waals surface area contributed by atoms with Gasteiger partial charge in [-0.3, -0.25) is 14.5 Å². The van der Waals surface area contributed by atoms with Crippen LogP contribution in [0.5, 0.6) is 0 Å². The zero-order chi connectivity index (χ0) is 23.8. The number of rotatable bonds is 5. The van der Waals surface area contributed by atoms with Gasteiger partial charge in [0, 0.05) is 26.6 Å². The van der Waals surface area contributed by atoms with Crippen molar-refractivity contribution >= 4 is 17.8 Å². The summed E-state index contributed by atoms with van der Waals surface area (Å²) in [5.41, 5.74) is 4.20. The number of amides is 4. The molecule has 1 N–H and O–H groups in total. The van der Waals surface area contributed by atoms with Crippen molar-refractivity contribution in [3.63, 3.8) is 0 Å². The fraction of sp³-hybridized carbons (Fsp3) is 0.370. The largest absolute Gasteiger partial charge is 0.341 e. The summed E-state index contributed by atoms with van der Waals surface area (Å²) in [6.45, 7) is 3.70. The van der Waals surface area contributed by atoms with Gasteiger partial charge in [-0.05, 0) is 30.9 Å². The van der Waals surface area contributed by atoms with E-state index in [0.29, 0.717) is 17.7 Å². The molecule has 3 aliphatic rings. The molecule has 3 aliphatic heterocycles. The Morgan fingerprint density at radius 3 is 2.38 bits per heavy atom. The highest BCUT2D eigenvalue weighted by Gasteiger charge is 2.47. The first-order chi connectivity index (χ1) is 16.4. The van der Waals surface area contributed by atoms with Crippen LogP contribution in [0.25, 0.3) is 0 Å². The molecule has 7 nitrogen and oxygen atoms in total. The van der Waals surface area contributed by atoms with E-state index in [-0.39, 0.29) is 24.4 Å². The molecule has 0 aromatic heterocycles. The molecule has 0 unspecified atom stereocenters. The van der Waals surface area contributed by atoms with Crippen LogP contribution >= 0.6 is 0 Å². The summed E-state index contributed by atoms with van der Waals surface area (Å²) in [6.07, 6.45) is 2.43. The van der Waals surface area contributed by atoms with Gasteiger partial charge >= 0.3 is 6.03 Å². The SMILES string of the molecule is Cc1ccc([C@H]2NC(=O)N(C)C3=C2C(=O)N([C@H](Cc2ccccc2)C(=O)N2CCCC2)C3)cc1. The van der Waals surface area contributed by atoms with Gasteiger partial charge in [0.05, 0.1) is 23.9 Å². The number of likely N-dealkylation sites (tertiary alicyclic amines) is 1. The molecule has 176 valence electrons. The van der Waals surface area contributed by atoms with Gasteiger partial charge in [0.1, 0.15) is 6.04 Å². The average molecular weight is 459 g/mol. The number of nitrogens with one attached hydrogen (secondary N) is 1. The number of carbonyl (C=O) groups excluding carboxylic acids is 3. The molecular weight excluding hydrogens is 428 g/mol. The van der Waals surface area contributed by atoms with E-state index >= 15 is 0 Å². The minimum absolute atomic E-state index is 0.0108. The lowest BCUT2D eigenvalue weighted by Crippen LogP contribution is -2.50. The van der Waals surface area contributed by atoms with Gasteiger partial charge in [-0.25, -0.2) is 4.79 Å². The van der Waals surface area contributed by atoms with E-state index in [2.05, 4.69) is 5.32 Å². The third-order valence-electron chi connectivity index (χ3n) is 7.15. The predicted molar refractivity (Wildman–Crippen MR) is 129 cm³/mol. The second kappa shape index (κ2) is 8.97. The molecule has 2 aromatic rings. The molecule has 1 saturated heterocycles. The molecule has 0 bridgehead atoms. The first-order valence-electron chi connectivity index (χ1n) is 11.9. The summed E-state index contributed by atoms with van der Waals surface area (Å²) >= 11 is 0. The number of hydrogen-bond acceptors (Lipinski definition) is 3. The van der Waals surface area contributed by atoms with Crippen molar-refractivity contribution in [3.05, 3.63) is 82.6 Å². The van der Waals surface area contributed by atoms with Crippen molar-refractivity contribution < 1.29 is 14.4 Å². The maximum Gasteiger partial charge on any atom is 0.322 e. The van der Waals surface area contributed by atoms with Gasteiger partial charge in [-0.2, -0.15) is 0 Å². The van der Waals surface area contributed by atoms with E-state index in [4.69, 9.17) is 0 Å². The maximum atomic E-state index is 13.9. The molecule has 0 saturated carbocycles. The Morgan fingerprint density at radius 1 is 1.03 bits per heavy atom. The standard InChI is InChI=1S/C27H30N4O3/c1-18-10-12-20(13-11-18)24-23-22(29(2)27(34)28-24)17-31(26(23)33)21(16-19-8-4-3-5-9-19)25(32)30-14-6-7-15-30/h3-5,8-13,21,24H,6-7,14-17H2,1-2H3,(H,28,34)/t21-,24-/m1/s1. The lowest BCUT2D eigenvalue weighted by Gasteiger charge is -2.31. The van der Waals surface area contributed by atoms with Gasteiger partial charge in [0.25, 0.3) is 5.91 Å². The molecule has 2 atom stereocenters. The Labute approximate surface area is 200 Å². The smallest absolute Gasteiger partial charge is 0.322 e. The van der Waals surface area contributed by atoms with Gasteiger partial charge in [-0.15, -0.1) is 0 Å². The Morgan fingerprint density at radius 2 is 1.71 bits per heavy atom. The summed E-state index contributed by atoms with van der Waals surface area (Å²) < 4.78 is 0. The van der Waals surface area contributed by atoms with Gasteiger partial charge in [0.2, 0.25) is 5.91 Å². The second-order valence-electron chi connectivity index (χ2n) is 9.38. The first kappa shape index (κ1) is 22.2. The molecule has 0 radical (unpaired) electrons. The molecule has 34 heavy (non-hydrogen) atoms. The van der Waals surface area contributed by atoms with E-state index in [1.807, 2.05) is 66.4 Å². The van der Waals surface area contributed by atoms with Crippen LogP contribution in [0.2, 0.25) is 0 Å². The maximum absolute atomic E-state index is 13.9. The number of likely N-dealkylation sites (N-methyl/N-ethyl adjacent to an activating group) is 1. The lowest BCUT2D eigenvalue weighted by molar-refractivity contribution is -0.142. The highest BCUT2D eigenvalue weighted by atomic mass is 16.2. The molecule has 0 spiro atoms. The molecule has 2 aromatic carbocycles.